The van der Waals surface area contributed by atoms with Crippen molar-refractivity contribution in [3.63, 3.8) is 0 Å². The molecule has 0 spiro atoms. The molecule has 1 aromatic rings. The number of benzene rings is 1. The topological polar surface area (TPSA) is 58.6 Å². The Labute approximate surface area is 120 Å². The Morgan fingerprint density at radius 2 is 2.05 bits per heavy atom. The van der Waals surface area contributed by atoms with E-state index in [-0.39, 0.29) is 12.0 Å². The van der Waals surface area contributed by atoms with Gasteiger partial charge in [0.2, 0.25) is 0 Å². The van der Waals surface area contributed by atoms with E-state index in [1.54, 1.807) is 0 Å². The zero-order valence-electron chi connectivity index (χ0n) is 11.8. The van der Waals surface area contributed by atoms with Gasteiger partial charge in [-0.05, 0) is 31.2 Å². The lowest BCUT2D eigenvalue weighted by Gasteiger charge is -2.27. The van der Waals surface area contributed by atoms with Crippen molar-refractivity contribution in [1.82, 2.24) is 5.32 Å². The molecule has 0 amide bonds. The number of carboxylic acid groups (broad SMARTS) is 1. The van der Waals surface area contributed by atoms with E-state index >= 15 is 0 Å². The van der Waals surface area contributed by atoms with E-state index < -0.39 is 5.97 Å². The third-order valence-electron chi connectivity index (χ3n) is 3.72. The monoisotopic (exact) mass is 277 g/mol. The minimum atomic E-state index is -0.727. The van der Waals surface area contributed by atoms with E-state index in [4.69, 9.17) is 9.84 Å². The van der Waals surface area contributed by atoms with E-state index in [1.165, 1.54) is 5.56 Å². The number of rotatable bonds is 7. The maximum absolute atomic E-state index is 10.9. The second kappa shape index (κ2) is 8.02. The summed E-state index contributed by atoms with van der Waals surface area (Å²) in [5.74, 6) is -1.03. The lowest BCUT2D eigenvalue weighted by atomic mass is 9.98. The Morgan fingerprint density at radius 1 is 1.25 bits per heavy atom. The Hall–Kier alpha value is -1.39. The van der Waals surface area contributed by atoms with Crippen LogP contribution in [0.25, 0.3) is 0 Å². The van der Waals surface area contributed by atoms with Crippen LogP contribution in [-0.2, 0) is 16.0 Å². The molecule has 110 valence electrons. The van der Waals surface area contributed by atoms with Gasteiger partial charge in [0, 0.05) is 19.7 Å². The van der Waals surface area contributed by atoms with Crippen molar-refractivity contribution in [1.29, 1.82) is 0 Å². The molecule has 20 heavy (non-hydrogen) atoms. The van der Waals surface area contributed by atoms with Crippen molar-refractivity contribution < 1.29 is 14.6 Å². The average molecular weight is 277 g/mol. The van der Waals surface area contributed by atoms with Crippen LogP contribution in [0.2, 0.25) is 0 Å². The predicted molar refractivity (Wildman–Crippen MR) is 77.7 cm³/mol. The van der Waals surface area contributed by atoms with Gasteiger partial charge < -0.3 is 15.2 Å². The van der Waals surface area contributed by atoms with Crippen LogP contribution in [0.4, 0.5) is 0 Å². The van der Waals surface area contributed by atoms with Gasteiger partial charge in [-0.2, -0.15) is 0 Å². The number of unbranched alkanes of at least 4 members (excludes halogenated alkanes) is 1. The van der Waals surface area contributed by atoms with Crippen LogP contribution in [0.15, 0.2) is 30.3 Å². The Bertz CT molecular complexity index is 407. The zero-order chi connectivity index (χ0) is 14.2. The number of aliphatic carboxylic acids is 1. The van der Waals surface area contributed by atoms with Gasteiger partial charge in [0.05, 0.1) is 12.0 Å². The first kappa shape index (κ1) is 15.0. The molecule has 0 bridgehead atoms. The van der Waals surface area contributed by atoms with Crippen LogP contribution in [0.3, 0.4) is 0 Å². The summed E-state index contributed by atoms with van der Waals surface area (Å²) in [7, 11) is 0. The van der Waals surface area contributed by atoms with E-state index in [0.29, 0.717) is 19.6 Å². The fraction of sp³-hybridized carbons (Fsp3) is 0.562. The summed E-state index contributed by atoms with van der Waals surface area (Å²) in [4.78, 5) is 10.9. The summed E-state index contributed by atoms with van der Waals surface area (Å²) in [6.45, 7) is 2.04. The van der Waals surface area contributed by atoms with Gasteiger partial charge >= 0.3 is 5.97 Å². The quantitative estimate of drug-likeness (QED) is 0.749. The number of nitrogens with one attached hydrogen (secondary N) is 1. The molecular weight excluding hydrogens is 254 g/mol. The van der Waals surface area contributed by atoms with Gasteiger partial charge in [-0.1, -0.05) is 30.3 Å². The molecule has 1 aliphatic heterocycles. The minimum absolute atomic E-state index is 0.0431. The highest BCUT2D eigenvalue weighted by Crippen LogP contribution is 2.14. The Balaban J connectivity index is 1.58. The molecule has 4 nitrogen and oxygen atoms in total. The SMILES string of the molecule is O=C(O)C1CNCC(OCCCCc2ccccc2)C1. The number of carbonyl (C=O) groups is 1. The predicted octanol–water partition coefficient (Wildman–Crippen LogP) is 2.09. The molecule has 1 heterocycles. The number of aryl methyl sites for hydroxylation is 1. The first-order chi connectivity index (χ1) is 9.75. The summed E-state index contributed by atoms with van der Waals surface area (Å²) in [6.07, 6.45) is 3.86. The van der Waals surface area contributed by atoms with Gasteiger partial charge in [-0.3, -0.25) is 4.79 Å². The fourth-order valence-corrected chi connectivity index (χ4v) is 2.54. The van der Waals surface area contributed by atoms with Gasteiger partial charge in [-0.25, -0.2) is 0 Å². The summed E-state index contributed by atoms with van der Waals surface area (Å²) >= 11 is 0. The van der Waals surface area contributed by atoms with Crippen LogP contribution in [0.1, 0.15) is 24.8 Å². The zero-order valence-corrected chi connectivity index (χ0v) is 11.8. The Kier molecular flexibility index (Phi) is 6.02. The second-order valence-electron chi connectivity index (χ2n) is 5.36. The van der Waals surface area contributed by atoms with Gasteiger partial charge in [0.1, 0.15) is 0 Å². The summed E-state index contributed by atoms with van der Waals surface area (Å²) in [5.41, 5.74) is 1.36. The fourth-order valence-electron chi connectivity index (χ4n) is 2.54. The number of hydrogen-bond donors (Lipinski definition) is 2. The van der Waals surface area contributed by atoms with Crippen molar-refractivity contribution in [3.8, 4) is 0 Å². The number of piperidine rings is 1. The highest BCUT2D eigenvalue weighted by atomic mass is 16.5. The number of carboxylic acids is 1. The van der Waals surface area contributed by atoms with E-state index in [9.17, 15) is 4.79 Å². The maximum Gasteiger partial charge on any atom is 0.307 e. The number of ether oxygens (including phenoxy) is 1. The molecular formula is C16H23NO3. The molecule has 0 radical (unpaired) electrons. The van der Waals surface area contributed by atoms with Crippen LogP contribution < -0.4 is 5.32 Å². The molecule has 4 heteroatoms. The van der Waals surface area contributed by atoms with E-state index in [0.717, 1.165) is 25.8 Å². The maximum atomic E-state index is 10.9. The molecule has 0 saturated carbocycles. The molecule has 0 aromatic heterocycles. The second-order valence-corrected chi connectivity index (χ2v) is 5.36. The van der Waals surface area contributed by atoms with Crippen molar-refractivity contribution in [3.05, 3.63) is 35.9 Å². The van der Waals surface area contributed by atoms with Crippen LogP contribution in [0, 0.1) is 5.92 Å². The molecule has 1 saturated heterocycles. The molecule has 2 atom stereocenters. The van der Waals surface area contributed by atoms with Gasteiger partial charge in [0.25, 0.3) is 0 Å². The van der Waals surface area contributed by atoms with Gasteiger partial charge in [-0.15, -0.1) is 0 Å². The van der Waals surface area contributed by atoms with Crippen LogP contribution in [0.5, 0.6) is 0 Å². The highest BCUT2D eigenvalue weighted by molar-refractivity contribution is 5.70. The normalized spacial score (nSPS) is 22.6. The third kappa shape index (κ3) is 4.94. The third-order valence-corrected chi connectivity index (χ3v) is 3.72. The van der Waals surface area contributed by atoms with E-state index in [1.807, 2.05) is 6.07 Å². The number of hydrogen-bond acceptors (Lipinski definition) is 3. The molecule has 1 fully saturated rings. The Morgan fingerprint density at radius 3 is 2.80 bits per heavy atom. The van der Waals surface area contributed by atoms with Crippen molar-refractivity contribution in [2.75, 3.05) is 19.7 Å². The summed E-state index contributed by atoms with van der Waals surface area (Å²) in [5, 5.41) is 12.1. The average Bonchev–Trinajstić information content (AvgIpc) is 2.48. The van der Waals surface area contributed by atoms with Gasteiger partial charge in [0.15, 0.2) is 0 Å². The molecule has 2 rings (SSSR count). The molecule has 2 N–H and O–H groups in total. The smallest absolute Gasteiger partial charge is 0.307 e. The van der Waals surface area contributed by atoms with Crippen molar-refractivity contribution in [2.45, 2.75) is 31.8 Å². The standard InChI is InChI=1S/C16H23NO3/c18-16(19)14-10-15(12-17-11-14)20-9-5-4-8-13-6-2-1-3-7-13/h1-3,6-7,14-15,17H,4-5,8-12H2,(H,18,19). The molecule has 1 aliphatic rings. The lowest BCUT2D eigenvalue weighted by molar-refractivity contribution is -0.144. The van der Waals surface area contributed by atoms with Crippen molar-refractivity contribution >= 4 is 5.97 Å². The largest absolute Gasteiger partial charge is 0.481 e. The minimum Gasteiger partial charge on any atom is -0.481 e. The molecule has 1 aromatic carbocycles. The van der Waals surface area contributed by atoms with E-state index in [2.05, 4.69) is 29.6 Å². The lowest BCUT2D eigenvalue weighted by Crippen LogP contribution is -2.43. The highest BCUT2D eigenvalue weighted by Gasteiger charge is 2.26. The van der Waals surface area contributed by atoms with Crippen LogP contribution in [-0.4, -0.2) is 36.9 Å². The van der Waals surface area contributed by atoms with Crippen LogP contribution >= 0.6 is 0 Å². The molecule has 0 aliphatic carbocycles. The first-order valence-electron chi connectivity index (χ1n) is 7.35. The first-order valence-corrected chi connectivity index (χ1v) is 7.35. The van der Waals surface area contributed by atoms with Crippen molar-refractivity contribution in [2.24, 2.45) is 5.92 Å². The molecule has 2 unspecified atom stereocenters. The summed E-state index contributed by atoms with van der Waals surface area (Å²) < 4.78 is 5.78. The summed E-state index contributed by atoms with van der Waals surface area (Å²) in [6, 6.07) is 10.4.